The van der Waals surface area contributed by atoms with Gasteiger partial charge in [-0.25, -0.2) is 0 Å². The van der Waals surface area contributed by atoms with Crippen molar-refractivity contribution in [2.75, 3.05) is 9.80 Å². The van der Waals surface area contributed by atoms with Crippen molar-refractivity contribution < 1.29 is 22.7 Å². The highest BCUT2D eigenvalue weighted by Crippen LogP contribution is 2.65. The first kappa shape index (κ1) is 60.5. The average molecular weight is 1390 g/mol. The van der Waals surface area contributed by atoms with Gasteiger partial charge in [0.1, 0.15) is 56.5 Å². The maximum absolute atomic E-state index is 6.73. The number of fused-ring (bicyclic) bond motifs is 30. The summed E-state index contributed by atoms with van der Waals surface area (Å²) in [6.07, 6.45) is 0. The number of anilines is 6. The number of rotatable bonds is 6. The molecule has 5 aliphatic rings. The van der Waals surface area contributed by atoms with E-state index in [-0.39, 0.29) is 5.41 Å². The molecule has 108 heavy (non-hydrogen) atoms. The summed E-state index contributed by atoms with van der Waals surface area (Å²) in [5, 5.41) is 6.55. The predicted molar refractivity (Wildman–Crippen MR) is 436 cm³/mol. The third-order valence-corrected chi connectivity index (χ3v) is 23.8. The first-order chi connectivity index (χ1) is 53.3. The standard InChI is InChI=1S/C52H35NO2.C49H29NO3/c1-51(2)41-18-8-6-16-35(41)37-26-24-34(29-45(37)51)53(32-14-4-3-5-15-32)33-25-27-47-39(28-33)40-30-46-38(31-50(40)54-47)36-17-7-9-19-42(36)52(46)43-20-10-12-22-48(43)55-49-23-13-11-21-44(49)52;1-2-12-30(13-3-1)50(32-22-24-35-34-15-5-9-19-43(34)51-47(35)27-32)31-23-25-44-37(26-31)38-28-42-36(29-48(38)52-44)33-14-4-6-16-39(33)49(42)40-17-7-10-20-45(40)53-46-21-11-8-18-41(46)49/h3-31H,1-2H3;1-29H. The highest BCUT2D eigenvalue weighted by molar-refractivity contribution is 6.12. The molecule has 0 N–H and O–H groups in total. The van der Waals surface area contributed by atoms with E-state index in [0.717, 1.165) is 145 Å². The maximum Gasteiger partial charge on any atom is 0.137 e. The molecular formula is C101H64N2O5. The summed E-state index contributed by atoms with van der Waals surface area (Å²) in [4.78, 5) is 4.67. The number of furan rings is 3. The van der Waals surface area contributed by atoms with Gasteiger partial charge >= 0.3 is 0 Å². The Morgan fingerprint density at radius 1 is 0.194 bits per heavy atom. The molecule has 0 saturated heterocycles. The molecule has 0 radical (unpaired) electrons. The fraction of sp³-hybridized carbons (Fsp3) is 0.0495. The minimum absolute atomic E-state index is 0.107. The van der Waals surface area contributed by atoms with Gasteiger partial charge in [-0.1, -0.05) is 220 Å². The second-order valence-electron chi connectivity index (χ2n) is 29.7. The van der Waals surface area contributed by atoms with Gasteiger partial charge in [-0.15, -0.1) is 0 Å². The summed E-state index contributed by atoms with van der Waals surface area (Å²) in [6.45, 7) is 4.69. The Bertz CT molecular complexity index is 6920. The number of benzene rings is 16. The van der Waals surface area contributed by atoms with Gasteiger partial charge in [-0.2, -0.15) is 0 Å². The van der Waals surface area contributed by atoms with Crippen LogP contribution in [0, 0.1) is 0 Å². The Morgan fingerprint density at radius 2 is 0.528 bits per heavy atom. The van der Waals surface area contributed by atoms with E-state index in [1.807, 2.05) is 12.1 Å². The zero-order valence-electron chi connectivity index (χ0n) is 58.9. The molecule has 7 nitrogen and oxygen atoms in total. The van der Waals surface area contributed by atoms with Crippen molar-refractivity contribution in [3.63, 3.8) is 0 Å². The van der Waals surface area contributed by atoms with Crippen molar-refractivity contribution in [2.45, 2.75) is 30.1 Å². The quantitative estimate of drug-likeness (QED) is 0.164. The van der Waals surface area contributed by atoms with E-state index >= 15 is 0 Å². The van der Waals surface area contributed by atoms with Crippen LogP contribution in [0.2, 0.25) is 0 Å². The van der Waals surface area contributed by atoms with Crippen LogP contribution in [0.3, 0.4) is 0 Å². The highest BCUT2D eigenvalue weighted by atomic mass is 16.5. The first-order valence-corrected chi connectivity index (χ1v) is 37.1. The average Bonchev–Trinajstić information content (AvgIpc) is 1.50. The fourth-order valence-electron chi connectivity index (χ4n) is 19.2. The number of nitrogens with zero attached hydrogens (tertiary/aromatic N) is 2. The van der Waals surface area contributed by atoms with Gasteiger partial charge in [0.2, 0.25) is 0 Å². The van der Waals surface area contributed by atoms with Crippen LogP contribution in [0.4, 0.5) is 34.1 Å². The smallest absolute Gasteiger partial charge is 0.137 e. The van der Waals surface area contributed by atoms with Crippen LogP contribution >= 0.6 is 0 Å². The molecule has 0 amide bonds. The predicted octanol–water partition coefficient (Wildman–Crippen LogP) is 27.3. The fourth-order valence-corrected chi connectivity index (χ4v) is 19.2. The van der Waals surface area contributed by atoms with Gasteiger partial charge in [0.15, 0.2) is 0 Å². The summed E-state index contributed by atoms with van der Waals surface area (Å²) in [5.41, 5.74) is 30.2. The minimum atomic E-state index is -0.551. The third-order valence-electron chi connectivity index (χ3n) is 23.8. The summed E-state index contributed by atoms with van der Waals surface area (Å²) < 4.78 is 32.9. The summed E-state index contributed by atoms with van der Waals surface area (Å²) in [7, 11) is 0. The molecule has 16 aromatic carbocycles. The SMILES string of the molecule is CC1(C)c2ccccc2-c2ccc(N(c3ccccc3)c3ccc4oc5cc6c(cc5c4c3)C3(c4ccccc4Oc4ccccc43)c3ccccc3-6)cc21.c1ccc(N(c2ccc3c(c2)oc2ccccc23)c2ccc3oc4cc5c(cc4c3c2)C2(c3ccccc3Oc3ccccc32)c2ccccc2-5)cc1. The molecule has 0 unspecified atom stereocenters. The van der Waals surface area contributed by atoms with Crippen molar-refractivity contribution in [1.82, 2.24) is 0 Å². The summed E-state index contributed by atoms with van der Waals surface area (Å²) in [5.74, 6) is 3.55. The molecule has 0 atom stereocenters. The number of para-hydroxylation sites is 7. The Morgan fingerprint density at radius 3 is 1.02 bits per heavy atom. The molecule has 2 spiro atoms. The molecule has 0 bridgehead atoms. The second-order valence-corrected chi connectivity index (χ2v) is 29.7. The summed E-state index contributed by atoms with van der Waals surface area (Å²) in [6, 6.07) is 126. The molecule has 19 aromatic rings. The number of hydrogen-bond donors (Lipinski definition) is 0. The molecule has 3 aliphatic carbocycles. The lowest BCUT2D eigenvalue weighted by Crippen LogP contribution is -2.32. The lowest BCUT2D eigenvalue weighted by Gasteiger charge is -2.39. The van der Waals surface area contributed by atoms with Crippen LogP contribution in [0.1, 0.15) is 69.5 Å². The molecule has 5 heterocycles. The molecule has 3 aromatic heterocycles. The molecule has 0 fully saturated rings. The lowest BCUT2D eigenvalue weighted by atomic mass is 9.66. The van der Waals surface area contributed by atoms with Crippen molar-refractivity contribution in [3.05, 3.63) is 407 Å². The molecule has 508 valence electrons. The van der Waals surface area contributed by atoms with E-state index in [2.05, 4.69) is 363 Å². The highest BCUT2D eigenvalue weighted by Gasteiger charge is 2.53. The maximum atomic E-state index is 6.73. The largest absolute Gasteiger partial charge is 0.457 e. The van der Waals surface area contributed by atoms with Gasteiger partial charge in [0.05, 0.1) is 10.8 Å². The van der Waals surface area contributed by atoms with E-state index in [4.69, 9.17) is 22.7 Å². The van der Waals surface area contributed by atoms with Gasteiger partial charge in [0.25, 0.3) is 0 Å². The monoisotopic (exact) mass is 1380 g/mol. The number of hydrogen-bond acceptors (Lipinski definition) is 7. The van der Waals surface area contributed by atoms with Crippen molar-refractivity contribution in [1.29, 1.82) is 0 Å². The molecule has 7 heteroatoms. The van der Waals surface area contributed by atoms with E-state index < -0.39 is 10.8 Å². The third kappa shape index (κ3) is 8.38. The topological polar surface area (TPSA) is 64.4 Å². The van der Waals surface area contributed by atoms with Crippen LogP contribution in [0.5, 0.6) is 23.0 Å². The van der Waals surface area contributed by atoms with Crippen LogP contribution in [0.25, 0.3) is 99.2 Å². The van der Waals surface area contributed by atoms with Crippen LogP contribution in [-0.4, -0.2) is 0 Å². The Balaban J connectivity index is 0.000000130. The van der Waals surface area contributed by atoms with Crippen molar-refractivity contribution in [2.24, 2.45) is 0 Å². The molecule has 0 saturated carbocycles. The number of ether oxygens (including phenoxy) is 2. The molecule has 2 aliphatic heterocycles. The lowest BCUT2D eigenvalue weighted by molar-refractivity contribution is 0.436. The first-order valence-electron chi connectivity index (χ1n) is 37.1. The minimum Gasteiger partial charge on any atom is -0.457 e. The van der Waals surface area contributed by atoms with Crippen LogP contribution < -0.4 is 19.3 Å². The normalized spacial score (nSPS) is 14.2. The van der Waals surface area contributed by atoms with E-state index in [1.165, 1.54) is 66.8 Å². The van der Waals surface area contributed by atoms with Gasteiger partial charge in [0, 0.05) is 100 Å². The van der Waals surface area contributed by atoms with E-state index in [1.54, 1.807) is 0 Å². The van der Waals surface area contributed by atoms with Gasteiger partial charge in [-0.3, -0.25) is 0 Å². The second kappa shape index (κ2) is 22.6. The Hall–Kier alpha value is -13.9. The van der Waals surface area contributed by atoms with Crippen LogP contribution in [-0.2, 0) is 16.2 Å². The van der Waals surface area contributed by atoms with Gasteiger partial charge < -0.3 is 32.5 Å². The molecule has 24 rings (SSSR count). The van der Waals surface area contributed by atoms with E-state index in [0.29, 0.717) is 0 Å². The zero-order valence-corrected chi connectivity index (χ0v) is 58.9. The van der Waals surface area contributed by atoms with Crippen molar-refractivity contribution >= 4 is 99.9 Å². The Labute approximate surface area is 622 Å². The van der Waals surface area contributed by atoms with Crippen LogP contribution in [0.15, 0.2) is 365 Å². The summed E-state index contributed by atoms with van der Waals surface area (Å²) >= 11 is 0. The zero-order chi connectivity index (χ0) is 71.1. The Kier molecular flexibility index (Phi) is 12.6. The van der Waals surface area contributed by atoms with Crippen molar-refractivity contribution in [3.8, 4) is 56.4 Å². The molecular weight excluding hydrogens is 1320 g/mol. The van der Waals surface area contributed by atoms with E-state index in [9.17, 15) is 0 Å². The van der Waals surface area contributed by atoms with Gasteiger partial charge in [-0.05, 0) is 206 Å².